The van der Waals surface area contributed by atoms with E-state index >= 15 is 0 Å². The molecule has 2 amide bonds. The van der Waals surface area contributed by atoms with Gasteiger partial charge in [0.05, 0.1) is 24.4 Å². The summed E-state index contributed by atoms with van der Waals surface area (Å²) >= 11 is 5.93. The van der Waals surface area contributed by atoms with E-state index in [9.17, 15) is 4.79 Å². The number of halogens is 1. The van der Waals surface area contributed by atoms with E-state index in [0.29, 0.717) is 17.3 Å². The van der Waals surface area contributed by atoms with Gasteiger partial charge in [0.1, 0.15) is 11.4 Å². The molecule has 0 aliphatic rings. The molecule has 0 aliphatic heterocycles. The van der Waals surface area contributed by atoms with E-state index in [1.165, 1.54) is 0 Å². The lowest BCUT2D eigenvalue weighted by molar-refractivity contribution is 0.251. The van der Waals surface area contributed by atoms with Crippen LogP contribution in [0.2, 0.25) is 5.02 Å². The number of aromatic nitrogens is 2. The topological polar surface area (TPSA) is 67.7 Å². The Morgan fingerprint density at radius 3 is 2.74 bits per heavy atom. The summed E-state index contributed by atoms with van der Waals surface area (Å²) in [4.78, 5) is 16.3. The van der Waals surface area contributed by atoms with Gasteiger partial charge in [-0.1, -0.05) is 11.6 Å². The summed E-state index contributed by atoms with van der Waals surface area (Å²) in [5.74, 6) is 0.735. The fourth-order valence-electron chi connectivity index (χ4n) is 2.12. The van der Waals surface area contributed by atoms with Gasteiger partial charge in [0.25, 0.3) is 0 Å². The lowest BCUT2D eigenvalue weighted by Gasteiger charge is -2.07. The van der Waals surface area contributed by atoms with Crippen molar-refractivity contribution in [2.45, 2.75) is 6.54 Å². The number of ether oxygens (including phenoxy) is 1. The van der Waals surface area contributed by atoms with Gasteiger partial charge in [0, 0.05) is 18.1 Å². The summed E-state index contributed by atoms with van der Waals surface area (Å²) in [5.41, 5.74) is 2.21. The van der Waals surface area contributed by atoms with Crippen LogP contribution in [0.4, 0.5) is 10.5 Å². The molecule has 0 spiro atoms. The van der Waals surface area contributed by atoms with E-state index in [0.717, 1.165) is 17.1 Å². The number of hydrogen-bond acceptors (Lipinski definition) is 3. The third-order valence-electron chi connectivity index (χ3n) is 3.24. The normalized spacial score (nSPS) is 10.5. The van der Waals surface area contributed by atoms with E-state index in [2.05, 4.69) is 15.6 Å². The van der Waals surface area contributed by atoms with Crippen LogP contribution in [0, 0.1) is 0 Å². The zero-order valence-electron chi connectivity index (χ0n) is 12.4. The first-order valence-electron chi connectivity index (χ1n) is 6.96. The van der Waals surface area contributed by atoms with Crippen LogP contribution >= 0.6 is 11.6 Å². The molecule has 0 aliphatic carbocycles. The number of anilines is 1. The van der Waals surface area contributed by atoms with Crippen molar-refractivity contribution in [3.05, 3.63) is 59.5 Å². The van der Waals surface area contributed by atoms with Crippen molar-refractivity contribution >= 4 is 29.0 Å². The van der Waals surface area contributed by atoms with E-state index in [-0.39, 0.29) is 6.03 Å². The quantitative estimate of drug-likeness (QED) is 0.771. The Labute approximate surface area is 138 Å². The van der Waals surface area contributed by atoms with Gasteiger partial charge < -0.3 is 19.8 Å². The van der Waals surface area contributed by atoms with Crippen molar-refractivity contribution in [2.75, 3.05) is 12.4 Å². The first-order chi connectivity index (χ1) is 11.1. The highest BCUT2D eigenvalue weighted by Gasteiger charge is 2.05. The van der Waals surface area contributed by atoms with Gasteiger partial charge >= 0.3 is 6.03 Å². The van der Waals surface area contributed by atoms with Crippen LogP contribution in [0.25, 0.3) is 5.65 Å². The van der Waals surface area contributed by atoms with Crippen molar-refractivity contribution in [3.8, 4) is 5.75 Å². The first-order valence-corrected chi connectivity index (χ1v) is 7.34. The summed E-state index contributed by atoms with van der Waals surface area (Å²) in [6, 6.07) is 10.4. The molecule has 7 heteroatoms. The predicted molar refractivity (Wildman–Crippen MR) is 89.1 cm³/mol. The number of hydrogen-bond donors (Lipinski definition) is 2. The summed E-state index contributed by atoms with van der Waals surface area (Å²) in [7, 11) is 1.59. The maximum absolute atomic E-state index is 11.9. The second-order valence-corrected chi connectivity index (χ2v) is 5.32. The van der Waals surface area contributed by atoms with Crippen molar-refractivity contribution in [3.63, 3.8) is 0 Å². The third kappa shape index (κ3) is 3.73. The molecule has 2 aromatic heterocycles. The minimum absolute atomic E-state index is 0.301. The highest BCUT2D eigenvalue weighted by molar-refractivity contribution is 6.30. The zero-order chi connectivity index (χ0) is 16.2. The lowest BCUT2D eigenvalue weighted by atomic mass is 10.3. The van der Waals surface area contributed by atoms with Crippen molar-refractivity contribution in [2.24, 2.45) is 0 Å². The molecule has 0 atom stereocenters. The SMILES string of the molecule is COc1ccc(NC(=O)NCc2cn3cc(Cl)ccc3n2)cc1. The maximum Gasteiger partial charge on any atom is 0.319 e. The highest BCUT2D eigenvalue weighted by atomic mass is 35.5. The molecule has 0 bridgehead atoms. The van der Waals surface area contributed by atoms with Crippen LogP contribution in [0.3, 0.4) is 0 Å². The molecule has 3 aromatic rings. The minimum Gasteiger partial charge on any atom is -0.497 e. The molecule has 0 saturated carbocycles. The van der Waals surface area contributed by atoms with Gasteiger partial charge in [-0.15, -0.1) is 0 Å². The number of carbonyl (C=O) groups is 1. The number of imidazole rings is 1. The zero-order valence-corrected chi connectivity index (χ0v) is 13.2. The Morgan fingerprint density at radius 2 is 2.00 bits per heavy atom. The molecule has 2 heterocycles. The maximum atomic E-state index is 11.9. The number of carbonyl (C=O) groups excluding carboxylic acids is 1. The van der Waals surface area contributed by atoms with Gasteiger partial charge in [-0.2, -0.15) is 0 Å². The number of pyridine rings is 1. The van der Waals surface area contributed by atoms with E-state index in [4.69, 9.17) is 16.3 Å². The fourth-order valence-corrected chi connectivity index (χ4v) is 2.29. The average Bonchev–Trinajstić information content (AvgIpc) is 2.95. The number of amides is 2. The smallest absolute Gasteiger partial charge is 0.319 e. The van der Waals surface area contributed by atoms with E-state index < -0.39 is 0 Å². The van der Waals surface area contributed by atoms with Crippen LogP contribution in [-0.4, -0.2) is 22.5 Å². The number of benzene rings is 1. The van der Waals surface area contributed by atoms with Crippen LogP contribution in [0.5, 0.6) is 5.75 Å². The summed E-state index contributed by atoms with van der Waals surface area (Å²) < 4.78 is 6.89. The standard InChI is InChI=1S/C16H15ClN4O2/c1-23-14-5-3-12(4-6-14)20-16(22)18-8-13-10-21-9-11(17)2-7-15(21)19-13/h2-7,9-10H,8H2,1H3,(H2,18,20,22). The molecular formula is C16H15ClN4O2. The van der Waals surface area contributed by atoms with Crippen LogP contribution in [-0.2, 0) is 6.54 Å². The second-order valence-electron chi connectivity index (χ2n) is 4.88. The van der Waals surface area contributed by atoms with Crippen molar-refractivity contribution in [1.82, 2.24) is 14.7 Å². The minimum atomic E-state index is -0.301. The molecule has 0 unspecified atom stereocenters. The average molecular weight is 331 g/mol. The lowest BCUT2D eigenvalue weighted by Crippen LogP contribution is -2.28. The van der Waals surface area contributed by atoms with Gasteiger partial charge in [0.2, 0.25) is 0 Å². The van der Waals surface area contributed by atoms with Crippen LogP contribution in [0.1, 0.15) is 5.69 Å². The molecule has 2 N–H and O–H groups in total. The monoisotopic (exact) mass is 330 g/mol. The second kappa shape index (κ2) is 6.58. The Morgan fingerprint density at radius 1 is 1.22 bits per heavy atom. The molecule has 0 saturated heterocycles. The highest BCUT2D eigenvalue weighted by Crippen LogP contribution is 2.15. The number of fused-ring (bicyclic) bond motifs is 1. The van der Waals surface area contributed by atoms with Gasteiger partial charge in [-0.25, -0.2) is 9.78 Å². The van der Waals surface area contributed by atoms with Gasteiger partial charge in [-0.05, 0) is 36.4 Å². The van der Waals surface area contributed by atoms with E-state index in [1.54, 1.807) is 43.6 Å². The number of nitrogens with one attached hydrogen (secondary N) is 2. The predicted octanol–water partition coefficient (Wildman–Crippen LogP) is 3.32. The largest absolute Gasteiger partial charge is 0.497 e. The summed E-state index contributed by atoms with van der Waals surface area (Å²) in [5, 5.41) is 6.14. The molecule has 23 heavy (non-hydrogen) atoms. The number of rotatable bonds is 4. The molecule has 0 radical (unpaired) electrons. The van der Waals surface area contributed by atoms with Crippen molar-refractivity contribution < 1.29 is 9.53 Å². The van der Waals surface area contributed by atoms with Crippen LogP contribution in [0.15, 0.2) is 48.8 Å². The fraction of sp³-hybridized carbons (Fsp3) is 0.125. The molecule has 1 aromatic carbocycles. The molecule has 118 valence electrons. The third-order valence-corrected chi connectivity index (χ3v) is 3.47. The Balaban J connectivity index is 1.58. The number of nitrogens with zero attached hydrogens (tertiary/aromatic N) is 2. The molecule has 6 nitrogen and oxygen atoms in total. The Kier molecular flexibility index (Phi) is 4.34. The molecule has 3 rings (SSSR count). The summed E-state index contributed by atoms with van der Waals surface area (Å²) in [6.45, 7) is 0.321. The van der Waals surface area contributed by atoms with Gasteiger partial charge in [0.15, 0.2) is 0 Å². The Hall–Kier alpha value is -2.73. The van der Waals surface area contributed by atoms with Gasteiger partial charge in [-0.3, -0.25) is 0 Å². The number of urea groups is 1. The number of methoxy groups -OCH3 is 1. The first kappa shape index (κ1) is 15.2. The molecule has 0 fully saturated rings. The summed E-state index contributed by atoms with van der Waals surface area (Å²) in [6.07, 6.45) is 3.60. The van der Waals surface area contributed by atoms with Crippen molar-refractivity contribution in [1.29, 1.82) is 0 Å². The molecular weight excluding hydrogens is 316 g/mol. The Bertz CT molecular complexity index is 830. The van der Waals surface area contributed by atoms with Crippen LogP contribution < -0.4 is 15.4 Å². The van der Waals surface area contributed by atoms with E-state index in [1.807, 2.05) is 16.7 Å².